The fraction of sp³-hybridized carbons (Fsp3) is 0.542. The number of aliphatic hydroxyl groups excluding tert-OH is 3. The largest absolute Gasteiger partial charge is 0.508 e. The minimum Gasteiger partial charge on any atom is -0.508 e. The molecule has 0 saturated heterocycles. The number of hydrogen-bond acceptors (Lipinski definition) is 29. The maximum Gasteiger partial charge on any atom is 0.305 e. The molecule has 0 aromatic heterocycles. The number of benzene rings is 3. The van der Waals surface area contributed by atoms with Gasteiger partial charge in [0.25, 0.3) is 5.24 Å². The van der Waals surface area contributed by atoms with E-state index in [0.29, 0.717) is 29.3 Å². The molecule has 0 radical (unpaired) electrons. The van der Waals surface area contributed by atoms with E-state index in [-0.39, 0.29) is 75.1 Å². The molecule has 0 heterocycles. The first-order valence-corrected chi connectivity index (χ1v) is 42.6. The second-order valence-corrected chi connectivity index (χ2v) is 34.2. The summed E-state index contributed by atoms with van der Waals surface area (Å²) in [6, 6.07) is -8.15. The number of primary amides is 2. The van der Waals surface area contributed by atoms with Gasteiger partial charge in [-0.1, -0.05) is 94.1 Å². The number of nitrogens with two attached hydrogens (primary N) is 5. The van der Waals surface area contributed by atoms with Crippen LogP contribution in [0.2, 0.25) is 0 Å². The van der Waals surface area contributed by atoms with Crippen LogP contribution in [-0.4, -0.2) is 279 Å². The molecule has 0 aliphatic heterocycles. The highest BCUT2D eigenvalue weighted by molar-refractivity contribution is 8.14. The number of amides is 17. The summed E-state index contributed by atoms with van der Waals surface area (Å²) < 4.78 is -1.03. The predicted molar refractivity (Wildman–Crippen MR) is 467 cm³/mol. The highest BCUT2D eigenvalue weighted by atomic mass is 32.2. The summed E-state index contributed by atoms with van der Waals surface area (Å²) in [5, 5.41) is 114. The number of phenols is 2. The zero-order chi connectivity index (χ0) is 99.0. The Bertz CT molecular complexity index is 4470. The van der Waals surface area contributed by atoms with Gasteiger partial charge in [0.2, 0.25) is 94.5 Å². The van der Waals surface area contributed by atoms with Crippen molar-refractivity contribution in [1.29, 1.82) is 0 Å². The molecule has 32 N–H and O–H groups in total. The Morgan fingerprint density at radius 3 is 0.985 bits per heavy atom. The van der Waals surface area contributed by atoms with Crippen LogP contribution in [0, 0.1) is 11.8 Å². The molecule has 0 saturated carbocycles. The second-order valence-electron chi connectivity index (χ2n) is 32.5. The van der Waals surface area contributed by atoms with Crippen LogP contribution in [0.1, 0.15) is 150 Å². The minimum atomic E-state index is -2.46. The van der Waals surface area contributed by atoms with Crippen molar-refractivity contribution >= 4 is 129 Å². The molecule has 724 valence electrons. The molecule has 0 bridgehead atoms. The van der Waals surface area contributed by atoms with E-state index >= 15 is 0 Å². The van der Waals surface area contributed by atoms with Crippen LogP contribution in [0.4, 0.5) is 4.79 Å². The number of phenolic OH excluding ortho intramolecular Hbond substituents is 2. The van der Waals surface area contributed by atoms with Gasteiger partial charge in [-0.15, -0.1) is 0 Å². The van der Waals surface area contributed by atoms with Crippen LogP contribution >= 0.6 is 11.8 Å². The van der Waals surface area contributed by atoms with Crippen LogP contribution in [0.25, 0.3) is 0 Å². The topological polar surface area (TPSA) is 802 Å². The first-order chi connectivity index (χ1) is 61.3. The summed E-state index contributed by atoms with van der Waals surface area (Å²) in [4.78, 5) is 273. The molecule has 17 atom stereocenters. The Morgan fingerprint density at radius 1 is 0.336 bits per heavy atom. The summed E-state index contributed by atoms with van der Waals surface area (Å²) >= 11 is 0.619. The molecule has 3 rings (SSSR count). The van der Waals surface area contributed by atoms with Crippen molar-refractivity contribution < 1.29 is 137 Å². The molecule has 0 unspecified atom stereocenters. The fourth-order valence-corrected chi connectivity index (χ4v) is 13.7. The number of carbonyl (C=O) groups excluding carboxylic acids is 17. The average molecular weight is 1870 g/mol. The zero-order valence-corrected chi connectivity index (χ0v) is 74.6. The number of carboxylic acid groups (broad SMARTS) is 3. The summed E-state index contributed by atoms with van der Waals surface area (Å²) in [5.41, 5.74) is 29.4. The van der Waals surface area contributed by atoms with Crippen molar-refractivity contribution in [3.63, 3.8) is 0 Å². The molecule has 0 fully saturated rings. The number of aliphatic hydroxyl groups is 3. The fourth-order valence-electron chi connectivity index (χ4n) is 12.8. The van der Waals surface area contributed by atoms with Crippen molar-refractivity contribution in [1.82, 2.24) is 74.4 Å². The number of aromatic hydroxyl groups is 2. The maximum absolute atomic E-state index is 14.6. The SMILES string of the molecule is CC(C)[C@H](NC(=O)[C@H](CCCCN)NC(=O)[C@@H](NC(=O)[C@@H](NC(=O)[C@H](Cc1ccccc1)NC(=O)[C@@H](NC(=O)[C@H](CC(=O)O)NC(=O)[C@H](CC(=O)O)NC(=O)[C@H](CC(=O)O)NC(=O)[C@H](CC(N)=O)NC(=O)[C@H](Cc1ccc(O)cc1)NC(=O)[C@H](CCCCN)NC(=O)[C@@H](NC(=O)[C@@H](N)Cc1ccc(O)cc1)[C@@H](C)O)[C@@H](C)O)[C@@H](C)O)C(C)C)C(=O)NC(=O)SC(C)(C)CC(N)=O. The van der Waals surface area contributed by atoms with Crippen LogP contribution in [-0.2, 0) is 110 Å². The number of rotatable bonds is 57. The number of nitrogens with one attached hydrogen (secondary N) is 14. The number of thioether (sulfide) groups is 1. The van der Waals surface area contributed by atoms with Gasteiger partial charge in [0, 0.05) is 24.0 Å². The van der Waals surface area contributed by atoms with Gasteiger partial charge in [0.05, 0.1) is 50.0 Å². The van der Waals surface area contributed by atoms with Gasteiger partial charge in [-0.2, -0.15) is 0 Å². The van der Waals surface area contributed by atoms with E-state index in [1.807, 2.05) is 21.3 Å². The molecule has 0 aliphatic carbocycles. The Hall–Kier alpha value is -13.0. The van der Waals surface area contributed by atoms with Gasteiger partial charge in [-0.25, -0.2) is 0 Å². The number of hydrogen-bond donors (Lipinski definition) is 27. The Morgan fingerprint density at radius 2 is 0.618 bits per heavy atom. The molecule has 131 heavy (non-hydrogen) atoms. The normalized spacial score (nSPS) is 15.2. The monoisotopic (exact) mass is 1870 g/mol. The number of carbonyl (C=O) groups is 20. The van der Waals surface area contributed by atoms with Gasteiger partial charge in [0.1, 0.15) is 90.0 Å². The predicted octanol–water partition coefficient (Wildman–Crippen LogP) is -6.61. The molecule has 3 aromatic carbocycles. The second kappa shape index (κ2) is 55.1. The lowest BCUT2D eigenvalue weighted by Gasteiger charge is -2.30. The van der Waals surface area contributed by atoms with E-state index in [0.717, 1.165) is 20.8 Å². The molecule has 48 heteroatoms. The van der Waals surface area contributed by atoms with E-state index < -0.39 is 276 Å². The van der Waals surface area contributed by atoms with Gasteiger partial charge in [0.15, 0.2) is 0 Å². The highest BCUT2D eigenvalue weighted by Gasteiger charge is 2.42. The number of carboxylic acids is 3. The van der Waals surface area contributed by atoms with Crippen molar-refractivity contribution in [2.75, 3.05) is 13.1 Å². The summed E-state index contributed by atoms with van der Waals surface area (Å²) in [6.07, 6.45) is -11.5. The highest BCUT2D eigenvalue weighted by Crippen LogP contribution is 2.29. The minimum absolute atomic E-state index is 0.0695. The summed E-state index contributed by atoms with van der Waals surface area (Å²) in [5.74, 6) is -27.3. The van der Waals surface area contributed by atoms with Gasteiger partial charge in [-0.3, -0.25) is 101 Å². The van der Waals surface area contributed by atoms with Gasteiger partial charge >= 0.3 is 17.9 Å². The van der Waals surface area contributed by atoms with E-state index in [4.69, 9.17) is 28.7 Å². The van der Waals surface area contributed by atoms with Crippen molar-refractivity contribution in [2.24, 2.45) is 40.5 Å². The molecule has 0 spiro atoms. The summed E-state index contributed by atoms with van der Waals surface area (Å²) in [7, 11) is 0. The standard InChI is InChI=1S/C83H123N19O28S/c1-39(2)63(77(125)89-51(20-14-16-30-85)70(118)97-64(40(3)4)78(126)102-82(130)131-83(8,9)38-59(88)109)98-81(129)67(43(7)105)101-75(123)53(32-44-17-11-10-12-18-44)96-80(128)66(42(6)104)100-76(124)57(37-62(114)115)95-74(122)56(36-61(112)113)94-73(121)55(35-60(110)111)93-72(120)54(34-58(87)108)92-71(119)52(33-46-23-27-48(107)28-24-46)91-69(117)50(19-13-15-29-84)90-79(127)65(41(5)103)99-68(116)49(86)31-45-21-25-47(106)26-22-45/h10-12,17-18,21-28,39-43,49-57,63-67,103-107H,13-16,19-20,29-38,84-86H2,1-9H3,(H2,87,108)(H2,88,109)(H,89,125)(H,90,127)(H,91,117)(H,92,119)(H,93,120)(H,94,121)(H,95,122)(H,96,128)(H,97,118)(H,98,129)(H,99,116)(H,100,124)(H,101,123)(H,110,111)(H,112,113)(H,114,115)(H,102,126,130)/t41-,42-,43-,49+,50+,51+,52+,53+,54+,55+,56+,57+,63+,64+,65+,66+,67+/m1/s1. The third kappa shape index (κ3) is 40.7. The lowest BCUT2D eigenvalue weighted by atomic mass is 9.99. The van der Waals surface area contributed by atoms with Crippen molar-refractivity contribution in [3.05, 3.63) is 95.6 Å². The third-order valence-electron chi connectivity index (χ3n) is 19.8. The van der Waals surface area contributed by atoms with E-state index in [2.05, 4.69) is 53.2 Å². The van der Waals surface area contributed by atoms with Crippen molar-refractivity contribution in [3.8, 4) is 11.5 Å². The lowest BCUT2D eigenvalue weighted by Crippen LogP contribution is -2.63. The molecule has 0 aliphatic rings. The molecular weight excluding hydrogens is 1740 g/mol. The molecule has 47 nitrogen and oxygen atoms in total. The van der Waals surface area contributed by atoms with E-state index in [1.165, 1.54) is 86.6 Å². The Kier molecular flexibility index (Phi) is 47.2. The van der Waals surface area contributed by atoms with Crippen LogP contribution in [0.5, 0.6) is 11.5 Å². The first-order valence-electron chi connectivity index (χ1n) is 41.8. The Balaban J connectivity index is 1.96. The zero-order valence-electron chi connectivity index (χ0n) is 73.8. The first kappa shape index (κ1) is 112. The van der Waals surface area contributed by atoms with E-state index in [1.54, 1.807) is 33.8 Å². The maximum atomic E-state index is 14.6. The van der Waals surface area contributed by atoms with Gasteiger partial charge in [-0.05, 0) is 145 Å². The number of aliphatic carboxylic acids is 3. The van der Waals surface area contributed by atoms with Crippen LogP contribution < -0.4 is 103 Å². The smallest absolute Gasteiger partial charge is 0.305 e. The summed E-state index contributed by atoms with van der Waals surface area (Å²) in [6.45, 7) is 12.6. The van der Waals surface area contributed by atoms with E-state index in [9.17, 15) is 137 Å². The van der Waals surface area contributed by atoms with Crippen LogP contribution in [0.3, 0.4) is 0 Å². The van der Waals surface area contributed by atoms with Crippen molar-refractivity contribution in [2.45, 2.75) is 260 Å². The molecule has 17 amide bonds. The Labute approximate surface area is 757 Å². The number of imide groups is 1. The molecular formula is C83H123N19O28S. The number of unbranched alkanes of at least 4 members (excludes halogenated alkanes) is 2. The quantitative estimate of drug-likeness (QED) is 0.0234. The van der Waals surface area contributed by atoms with Crippen LogP contribution in [0.15, 0.2) is 78.9 Å². The third-order valence-corrected chi connectivity index (χ3v) is 20.7. The van der Waals surface area contributed by atoms with Gasteiger partial charge < -0.3 is 139 Å². The molecule has 3 aromatic rings. The lowest BCUT2D eigenvalue weighted by molar-refractivity contribution is -0.144. The average Bonchev–Trinajstić information content (AvgIpc) is 0.839.